The Balaban J connectivity index is 3.21. The molecule has 0 atom stereocenters. The SMILES string of the molecule is NC(CCl)=Nc1c(F)cc(Cl)cc1F. The molecule has 0 unspecified atom stereocenters. The highest BCUT2D eigenvalue weighted by Crippen LogP contribution is 2.25. The Hall–Kier alpha value is -0.870. The molecule has 0 radical (unpaired) electrons. The first-order chi connectivity index (χ1) is 6.54. The fourth-order valence-electron chi connectivity index (χ4n) is 0.815. The zero-order chi connectivity index (χ0) is 10.7. The van der Waals surface area contributed by atoms with Crippen LogP contribution in [-0.4, -0.2) is 11.7 Å². The molecule has 0 heterocycles. The van der Waals surface area contributed by atoms with E-state index in [0.29, 0.717) is 0 Å². The second-order valence-corrected chi connectivity index (χ2v) is 3.16. The first-order valence-corrected chi connectivity index (χ1v) is 4.49. The van der Waals surface area contributed by atoms with Gasteiger partial charge < -0.3 is 5.73 Å². The van der Waals surface area contributed by atoms with E-state index in [0.717, 1.165) is 12.1 Å². The zero-order valence-electron chi connectivity index (χ0n) is 6.90. The van der Waals surface area contributed by atoms with Gasteiger partial charge in [-0.2, -0.15) is 0 Å². The Bertz CT molecular complexity index is 357. The highest BCUT2D eigenvalue weighted by Gasteiger charge is 2.09. The van der Waals surface area contributed by atoms with E-state index < -0.39 is 17.3 Å². The average molecular weight is 239 g/mol. The molecule has 0 bridgehead atoms. The van der Waals surface area contributed by atoms with E-state index in [1.165, 1.54) is 0 Å². The molecule has 1 rings (SSSR count). The van der Waals surface area contributed by atoms with Gasteiger partial charge in [-0.05, 0) is 12.1 Å². The van der Waals surface area contributed by atoms with Crippen molar-refractivity contribution in [2.45, 2.75) is 0 Å². The van der Waals surface area contributed by atoms with Gasteiger partial charge in [-0.25, -0.2) is 13.8 Å². The lowest BCUT2D eigenvalue weighted by Gasteiger charge is -2.01. The number of nitrogens with zero attached hydrogens (tertiary/aromatic N) is 1. The van der Waals surface area contributed by atoms with Gasteiger partial charge in [0.15, 0.2) is 11.6 Å². The maximum atomic E-state index is 13.1. The number of benzene rings is 1. The van der Waals surface area contributed by atoms with Gasteiger partial charge in [-0.3, -0.25) is 0 Å². The number of hydrogen-bond acceptors (Lipinski definition) is 1. The Kier molecular flexibility index (Phi) is 3.66. The molecule has 0 saturated carbocycles. The van der Waals surface area contributed by atoms with Crippen LogP contribution in [0.5, 0.6) is 0 Å². The zero-order valence-corrected chi connectivity index (χ0v) is 8.41. The highest BCUT2D eigenvalue weighted by molar-refractivity contribution is 6.30. The highest BCUT2D eigenvalue weighted by atomic mass is 35.5. The second kappa shape index (κ2) is 4.57. The molecule has 0 aliphatic rings. The van der Waals surface area contributed by atoms with Crippen LogP contribution < -0.4 is 5.73 Å². The average Bonchev–Trinajstić information content (AvgIpc) is 2.10. The number of alkyl halides is 1. The monoisotopic (exact) mass is 238 g/mol. The van der Waals surface area contributed by atoms with Crippen LogP contribution in [0.4, 0.5) is 14.5 Å². The Morgan fingerprint density at radius 3 is 2.29 bits per heavy atom. The van der Waals surface area contributed by atoms with E-state index in [2.05, 4.69) is 4.99 Å². The molecule has 1 aromatic carbocycles. The molecule has 0 saturated heterocycles. The lowest BCUT2D eigenvalue weighted by atomic mass is 10.3. The van der Waals surface area contributed by atoms with Crippen molar-refractivity contribution in [2.24, 2.45) is 10.7 Å². The quantitative estimate of drug-likeness (QED) is 0.481. The summed E-state index contributed by atoms with van der Waals surface area (Å²) >= 11 is 10.7. The molecule has 14 heavy (non-hydrogen) atoms. The van der Waals surface area contributed by atoms with Crippen LogP contribution in [0.2, 0.25) is 5.02 Å². The third kappa shape index (κ3) is 2.56. The van der Waals surface area contributed by atoms with Gasteiger partial charge in [0.25, 0.3) is 0 Å². The van der Waals surface area contributed by atoms with Crippen molar-refractivity contribution < 1.29 is 8.78 Å². The third-order valence-corrected chi connectivity index (χ3v) is 1.87. The van der Waals surface area contributed by atoms with E-state index in [1.807, 2.05) is 0 Å². The van der Waals surface area contributed by atoms with Gasteiger partial charge in [-0.15, -0.1) is 11.6 Å². The van der Waals surface area contributed by atoms with Gasteiger partial charge >= 0.3 is 0 Å². The predicted molar refractivity (Wildman–Crippen MR) is 53.4 cm³/mol. The normalized spacial score (nSPS) is 11.9. The first-order valence-electron chi connectivity index (χ1n) is 3.58. The number of rotatable bonds is 2. The van der Waals surface area contributed by atoms with Crippen LogP contribution in [0.15, 0.2) is 17.1 Å². The van der Waals surface area contributed by atoms with E-state index in [1.54, 1.807) is 0 Å². The topological polar surface area (TPSA) is 38.4 Å². The molecular formula is C8H6Cl2F2N2. The molecule has 2 nitrogen and oxygen atoms in total. The van der Waals surface area contributed by atoms with Crippen molar-refractivity contribution in [2.75, 3.05) is 5.88 Å². The maximum absolute atomic E-state index is 13.1. The Labute approximate surface area is 89.3 Å². The molecule has 0 aliphatic heterocycles. The lowest BCUT2D eigenvalue weighted by Crippen LogP contribution is -2.12. The first kappa shape index (κ1) is 11.2. The van der Waals surface area contributed by atoms with Crippen molar-refractivity contribution in [3.63, 3.8) is 0 Å². The maximum Gasteiger partial charge on any atom is 0.153 e. The summed E-state index contributed by atoms with van der Waals surface area (Å²) in [5.41, 5.74) is 4.75. The summed E-state index contributed by atoms with van der Waals surface area (Å²) in [5, 5.41) is -0.0385. The molecule has 1 aromatic rings. The van der Waals surface area contributed by atoms with Gasteiger partial charge in [0.05, 0.1) is 5.88 Å². The molecule has 76 valence electrons. The minimum absolute atomic E-state index is 0.0385. The summed E-state index contributed by atoms with van der Waals surface area (Å²) in [6.45, 7) is 0. The van der Waals surface area contributed by atoms with Crippen molar-refractivity contribution in [1.82, 2.24) is 0 Å². The number of nitrogens with two attached hydrogens (primary N) is 1. The van der Waals surface area contributed by atoms with Gasteiger partial charge in [0.1, 0.15) is 11.5 Å². The van der Waals surface area contributed by atoms with Crippen LogP contribution in [0.25, 0.3) is 0 Å². The third-order valence-electron chi connectivity index (χ3n) is 1.37. The molecule has 0 fully saturated rings. The van der Waals surface area contributed by atoms with Gasteiger partial charge in [0, 0.05) is 5.02 Å². The van der Waals surface area contributed by atoms with E-state index in [-0.39, 0.29) is 16.7 Å². The van der Waals surface area contributed by atoms with Crippen LogP contribution in [0.1, 0.15) is 0 Å². The second-order valence-electron chi connectivity index (χ2n) is 2.45. The summed E-state index contributed by atoms with van der Waals surface area (Å²) in [4.78, 5) is 3.47. The molecule has 2 N–H and O–H groups in total. The number of halogens is 4. The van der Waals surface area contributed by atoms with Crippen LogP contribution in [0.3, 0.4) is 0 Å². The minimum atomic E-state index is -0.872. The van der Waals surface area contributed by atoms with Crippen molar-refractivity contribution in [3.05, 3.63) is 28.8 Å². The van der Waals surface area contributed by atoms with Crippen molar-refractivity contribution in [3.8, 4) is 0 Å². The molecule has 0 aliphatic carbocycles. The van der Waals surface area contributed by atoms with Gasteiger partial charge in [0.2, 0.25) is 0 Å². The summed E-state index contributed by atoms with van der Waals surface area (Å²) < 4.78 is 26.2. The van der Waals surface area contributed by atoms with Crippen LogP contribution in [-0.2, 0) is 0 Å². The number of aliphatic imine (C=N–C) groups is 1. The summed E-state index contributed by atoms with van der Waals surface area (Å²) in [6, 6.07) is 1.90. The van der Waals surface area contributed by atoms with E-state index in [4.69, 9.17) is 28.9 Å². The van der Waals surface area contributed by atoms with Crippen LogP contribution in [0, 0.1) is 11.6 Å². The standard InChI is InChI=1S/C8H6Cl2F2N2/c9-3-7(13)14-8-5(11)1-4(10)2-6(8)12/h1-2H,3H2,(H2,13,14). The minimum Gasteiger partial charge on any atom is -0.386 e. The fourth-order valence-corrected chi connectivity index (χ4v) is 1.07. The van der Waals surface area contributed by atoms with E-state index >= 15 is 0 Å². The summed E-state index contributed by atoms with van der Waals surface area (Å²) in [5.74, 6) is -1.90. The molecule has 6 heteroatoms. The molecule has 0 aromatic heterocycles. The van der Waals surface area contributed by atoms with Crippen molar-refractivity contribution in [1.29, 1.82) is 0 Å². The fraction of sp³-hybridized carbons (Fsp3) is 0.125. The van der Waals surface area contributed by atoms with Crippen LogP contribution >= 0.6 is 23.2 Å². The predicted octanol–water partition coefficient (Wildman–Crippen LogP) is 2.85. The summed E-state index contributed by atoms with van der Waals surface area (Å²) in [7, 11) is 0. The van der Waals surface area contributed by atoms with Crippen molar-refractivity contribution >= 4 is 34.7 Å². The molecular weight excluding hydrogens is 233 g/mol. The summed E-state index contributed by atoms with van der Waals surface area (Å²) in [6.07, 6.45) is 0. The van der Waals surface area contributed by atoms with E-state index in [9.17, 15) is 8.78 Å². The number of hydrogen-bond donors (Lipinski definition) is 1. The Morgan fingerprint density at radius 1 is 1.36 bits per heavy atom. The molecule has 0 spiro atoms. The lowest BCUT2D eigenvalue weighted by molar-refractivity contribution is 0.587. The number of amidine groups is 1. The Morgan fingerprint density at radius 2 is 1.86 bits per heavy atom. The smallest absolute Gasteiger partial charge is 0.153 e. The van der Waals surface area contributed by atoms with Gasteiger partial charge in [-0.1, -0.05) is 11.6 Å². The molecule has 0 amide bonds. The largest absolute Gasteiger partial charge is 0.386 e.